The molecule has 0 aromatic carbocycles. The Morgan fingerprint density at radius 1 is 1.64 bits per heavy atom. The van der Waals surface area contributed by atoms with Crippen molar-refractivity contribution in [2.75, 3.05) is 19.8 Å². The Morgan fingerprint density at radius 2 is 2.43 bits per heavy atom. The van der Waals surface area contributed by atoms with Gasteiger partial charge in [0.2, 0.25) is 0 Å². The molecule has 0 radical (unpaired) electrons. The van der Waals surface area contributed by atoms with Crippen LogP contribution in [0, 0.1) is 0 Å². The maximum Gasteiger partial charge on any atom is 0.410 e. The quantitative estimate of drug-likeness (QED) is 0.694. The minimum Gasteiger partial charge on any atom is -0.445 e. The molecule has 0 aliphatic carbocycles. The number of amides is 1. The maximum absolute atomic E-state index is 11.5. The van der Waals surface area contributed by atoms with Crippen LogP contribution in [0.4, 0.5) is 4.79 Å². The molecule has 1 fully saturated rings. The number of rotatable bonds is 3. The summed E-state index contributed by atoms with van der Waals surface area (Å²) in [4.78, 5) is 13.1. The first-order valence-electron chi connectivity index (χ1n) is 4.94. The third-order valence-electron chi connectivity index (χ3n) is 2.40. The zero-order valence-corrected chi connectivity index (χ0v) is 8.32. The molecule has 0 aromatic rings. The average molecular weight is 199 g/mol. The van der Waals surface area contributed by atoms with Crippen molar-refractivity contribution in [3.63, 3.8) is 0 Å². The van der Waals surface area contributed by atoms with Crippen LogP contribution in [0.3, 0.4) is 0 Å². The normalized spacial score (nSPS) is 21.8. The average Bonchev–Trinajstić information content (AvgIpc) is 2.25. The number of aliphatic hydroxyl groups is 1. The highest BCUT2D eigenvalue weighted by Crippen LogP contribution is 2.17. The van der Waals surface area contributed by atoms with E-state index in [0.29, 0.717) is 6.54 Å². The van der Waals surface area contributed by atoms with Crippen LogP contribution < -0.4 is 0 Å². The van der Waals surface area contributed by atoms with Gasteiger partial charge in [-0.05, 0) is 19.3 Å². The largest absolute Gasteiger partial charge is 0.445 e. The van der Waals surface area contributed by atoms with Gasteiger partial charge >= 0.3 is 6.09 Å². The molecule has 0 bridgehead atoms. The summed E-state index contributed by atoms with van der Waals surface area (Å²) in [6.07, 6.45) is 4.11. The van der Waals surface area contributed by atoms with Gasteiger partial charge in [-0.2, -0.15) is 0 Å². The molecule has 0 spiro atoms. The molecular formula is C10H17NO3. The van der Waals surface area contributed by atoms with E-state index >= 15 is 0 Å². The van der Waals surface area contributed by atoms with E-state index in [-0.39, 0.29) is 25.3 Å². The molecule has 14 heavy (non-hydrogen) atoms. The first-order valence-corrected chi connectivity index (χ1v) is 4.94. The van der Waals surface area contributed by atoms with Crippen molar-refractivity contribution in [1.29, 1.82) is 0 Å². The van der Waals surface area contributed by atoms with E-state index in [1.165, 1.54) is 6.08 Å². The number of carbonyl (C=O) groups is 1. The van der Waals surface area contributed by atoms with E-state index in [9.17, 15) is 4.79 Å². The fourth-order valence-corrected chi connectivity index (χ4v) is 1.64. The second kappa shape index (κ2) is 5.65. The summed E-state index contributed by atoms with van der Waals surface area (Å²) in [5.41, 5.74) is 0. The first-order chi connectivity index (χ1) is 6.79. The zero-order chi connectivity index (χ0) is 10.4. The van der Waals surface area contributed by atoms with Crippen molar-refractivity contribution in [3.8, 4) is 0 Å². The van der Waals surface area contributed by atoms with Crippen LogP contribution in [-0.4, -0.2) is 41.9 Å². The van der Waals surface area contributed by atoms with Gasteiger partial charge in [0, 0.05) is 6.54 Å². The van der Waals surface area contributed by atoms with Crippen molar-refractivity contribution in [2.24, 2.45) is 0 Å². The van der Waals surface area contributed by atoms with Gasteiger partial charge in [-0.15, -0.1) is 0 Å². The van der Waals surface area contributed by atoms with Gasteiger partial charge < -0.3 is 14.7 Å². The number of aliphatic hydroxyl groups excluding tert-OH is 1. The Bertz CT molecular complexity index is 206. The molecular weight excluding hydrogens is 182 g/mol. The van der Waals surface area contributed by atoms with Gasteiger partial charge in [0.05, 0.1) is 12.6 Å². The zero-order valence-electron chi connectivity index (χ0n) is 8.32. The Labute approximate surface area is 84.2 Å². The van der Waals surface area contributed by atoms with E-state index < -0.39 is 0 Å². The number of nitrogens with zero attached hydrogens (tertiary/aromatic N) is 1. The molecule has 1 N–H and O–H groups in total. The monoisotopic (exact) mass is 199 g/mol. The number of hydrogen-bond acceptors (Lipinski definition) is 3. The third-order valence-corrected chi connectivity index (χ3v) is 2.40. The highest BCUT2D eigenvalue weighted by Gasteiger charge is 2.26. The number of hydrogen-bond donors (Lipinski definition) is 1. The lowest BCUT2D eigenvalue weighted by molar-refractivity contribution is 0.0596. The second-order valence-corrected chi connectivity index (χ2v) is 3.39. The van der Waals surface area contributed by atoms with Crippen LogP contribution in [0.2, 0.25) is 0 Å². The van der Waals surface area contributed by atoms with E-state index in [1.54, 1.807) is 4.90 Å². The van der Waals surface area contributed by atoms with Crippen molar-refractivity contribution in [1.82, 2.24) is 4.90 Å². The fraction of sp³-hybridized carbons (Fsp3) is 0.700. The van der Waals surface area contributed by atoms with Crippen LogP contribution in [-0.2, 0) is 4.74 Å². The minimum atomic E-state index is -0.344. The van der Waals surface area contributed by atoms with Gasteiger partial charge in [-0.25, -0.2) is 4.79 Å². The van der Waals surface area contributed by atoms with Crippen molar-refractivity contribution in [3.05, 3.63) is 12.7 Å². The van der Waals surface area contributed by atoms with E-state index in [4.69, 9.17) is 9.84 Å². The summed E-state index contributed by atoms with van der Waals surface area (Å²) in [5.74, 6) is 0. The van der Waals surface area contributed by atoms with E-state index in [0.717, 1.165) is 19.3 Å². The van der Waals surface area contributed by atoms with Crippen LogP contribution in [0.25, 0.3) is 0 Å². The molecule has 0 unspecified atom stereocenters. The van der Waals surface area contributed by atoms with E-state index in [2.05, 4.69) is 6.58 Å². The number of likely N-dealkylation sites (tertiary alicyclic amines) is 1. The third kappa shape index (κ3) is 2.73. The molecule has 4 heteroatoms. The van der Waals surface area contributed by atoms with Gasteiger partial charge in [-0.1, -0.05) is 12.7 Å². The standard InChI is InChI=1S/C10H17NO3/c1-2-7-14-10(13)11-6-4-3-5-9(11)8-12/h2,9,12H,1,3-8H2/t9-/m0/s1. The van der Waals surface area contributed by atoms with Crippen LogP contribution >= 0.6 is 0 Å². The maximum atomic E-state index is 11.5. The molecule has 80 valence electrons. The van der Waals surface area contributed by atoms with Crippen molar-refractivity contribution < 1.29 is 14.6 Å². The molecule has 1 rings (SSSR count). The lowest BCUT2D eigenvalue weighted by Crippen LogP contribution is -2.45. The summed E-state index contributed by atoms with van der Waals surface area (Å²) in [7, 11) is 0. The molecule has 0 aromatic heterocycles. The minimum absolute atomic E-state index is 0.0171. The Morgan fingerprint density at radius 3 is 3.07 bits per heavy atom. The lowest BCUT2D eigenvalue weighted by Gasteiger charge is -2.33. The summed E-state index contributed by atoms with van der Waals surface area (Å²) >= 11 is 0. The van der Waals surface area contributed by atoms with Gasteiger partial charge in [-0.3, -0.25) is 0 Å². The Balaban J connectivity index is 2.45. The fourth-order valence-electron chi connectivity index (χ4n) is 1.64. The SMILES string of the molecule is C=CCOC(=O)N1CCCC[C@H]1CO. The summed E-state index contributed by atoms with van der Waals surface area (Å²) in [6, 6.07) is -0.0685. The van der Waals surface area contributed by atoms with Crippen molar-refractivity contribution >= 4 is 6.09 Å². The summed E-state index contributed by atoms with van der Waals surface area (Å²) in [5, 5.41) is 9.07. The van der Waals surface area contributed by atoms with Gasteiger partial charge in [0.25, 0.3) is 0 Å². The van der Waals surface area contributed by atoms with Gasteiger partial charge in [0.1, 0.15) is 6.61 Å². The highest BCUT2D eigenvalue weighted by molar-refractivity contribution is 5.68. The first kappa shape index (κ1) is 11.0. The van der Waals surface area contributed by atoms with Crippen LogP contribution in [0.15, 0.2) is 12.7 Å². The predicted octanol–water partition coefficient (Wildman–Crippen LogP) is 1.16. The molecule has 1 saturated heterocycles. The number of ether oxygens (including phenoxy) is 1. The van der Waals surface area contributed by atoms with Crippen LogP contribution in [0.1, 0.15) is 19.3 Å². The molecule has 1 amide bonds. The Hall–Kier alpha value is -1.03. The lowest BCUT2D eigenvalue weighted by atomic mass is 10.0. The summed E-state index contributed by atoms with van der Waals surface area (Å²) in [6.45, 7) is 4.40. The molecule has 1 aliphatic heterocycles. The summed E-state index contributed by atoms with van der Waals surface area (Å²) < 4.78 is 4.92. The molecule has 1 atom stereocenters. The molecule has 0 saturated carbocycles. The predicted molar refractivity (Wildman–Crippen MR) is 53.0 cm³/mol. The second-order valence-electron chi connectivity index (χ2n) is 3.39. The van der Waals surface area contributed by atoms with Crippen molar-refractivity contribution in [2.45, 2.75) is 25.3 Å². The van der Waals surface area contributed by atoms with Gasteiger partial charge in [0.15, 0.2) is 0 Å². The topological polar surface area (TPSA) is 49.8 Å². The van der Waals surface area contributed by atoms with Crippen LogP contribution in [0.5, 0.6) is 0 Å². The molecule has 4 nitrogen and oxygen atoms in total. The number of piperidine rings is 1. The highest BCUT2D eigenvalue weighted by atomic mass is 16.6. The molecule has 1 aliphatic rings. The van der Waals surface area contributed by atoms with E-state index in [1.807, 2.05) is 0 Å². The smallest absolute Gasteiger partial charge is 0.410 e. The Kier molecular flexibility index (Phi) is 4.46. The number of carbonyl (C=O) groups excluding carboxylic acids is 1. The molecule has 1 heterocycles.